The van der Waals surface area contributed by atoms with Gasteiger partial charge in [-0.25, -0.2) is 0 Å². The van der Waals surface area contributed by atoms with Gasteiger partial charge >= 0.3 is 0 Å². The van der Waals surface area contributed by atoms with E-state index in [-0.39, 0.29) is 67.3 Å². The number of carbonyl (C=O) groups excluding carboxylic acids is 6. The summed E-state index contributed by atoms with van der Waals surface area (Å²) >= 11 is 0. The number of benzene rings is 25. The SMILES string of the molecule is O=C1c2cc3ccccc3cc2C(=O)c2cc3ccccc3cc21.O=C1c2ccccc2C(=O)c2cc3ccccc3cc21.O=C1c2ccccc2C=c2cc3c(cc21)=Cc1ccccc1C3=O.O=c1ccc2c3ccc(=O)c4cccc(c5cccc1c52)c43.O=c1ccc2c3cccc4c(=O)ccc(c5cccc1c52)c43.O=c1ccc2cccc3c4cccc5ccc(=O)c(c1c23)c54. The van der Waals surface area contributed by atoms with Crippen LogP contribution in [0.4, 0.5) is 0 Å². The number of hydrogen-bond donors (Lipinski definition) is 0. The van der Waals surface area contributed by atoms with Crippen LogP contribution in [0.15, 0.2) is 405 Å². The van der Waals surface area contributed by atoms with Crippen molar-refractivity contribution in [3.63, 3.8) is 0 Å². The van der Waals surface area contributed by atoms with E-state index in [1.165, 1.54) is 0 Å². The van der Waals surface area contributed by atoms with Crippen molar-refractivity contribution in [1.82, 2.24) is 0 Å². The van der Waals surface area contributed by atoms with E-state index in [1.54, 1.807) is 60.7 Å². The van der Waals surface area contributed by atoms with Gasteiger partial charge in [0.2, 0.25) is 0 Å². The van der Waals surface area contributed by atoms with Crippen LogP contribution in [0.5, 0.6) is 0 Å². The normalized spacial score (nSPS) is 12.7. The first kappa shape index (κ1) is 79.2. The Labute approximate surface area is 758 Å². The van der Waals surface area contributed by atoms with Crippen LogP contribution in [0.25, 0.3) is 174 Å². The molecule has 25 aromatic carbocycles. The van der Waals surface area contributed by atoms with E-state index in [1.807, 2.05) is 328 Å². The van der Waals surface area contributed by atoms with Gasteiger partial charge in [0.05, 0.1) is 0 Å². The Morgan fingerprint density at radius 1 is 0.119 bits per heavy atom. The summed E-state index contributed by atoms with van der Waals surface area (Å²) in [4.78, 5) is 150. The van der Waals surface area contributed by atoms with Gasteiger partial charge in [-0.1, -0.05) is 267 Å². The van der Waals surface area contributed by atoms with E-state index < -0.39 is 0 Å². The zero-order chi connectivity index (χ0) is 90.7. The summed E-state index contributed by atoms with van der Waals surface area (Å²) < 4.78 is 0. The number of hydrogen-bond acceptors (Lipinski definition) is 12. The predicted molar refractivity (Wildman–Crippen MR) is 539 cm³/mol. The van der Waals surface area contributed by atoms with Crippen LogP contribution in [0, 0.1) is 0 Å². The van der Waals surface area contributed by atoms with Crippen LogP contribution < -0.4 is 43.0 Å². The lowest BCUT2D eigenvalue weighted by Gasteiger charge is -2.19. The van der Waals surface area contributed by atoms with Gasteiger partial charge in [0.25, 0.3) is 0 Å². The summed E-state index contributed by atoms with van der Waals surface area (Å²) in [7, 11) is 0. The molecule has 0 spiro atoms. The molecule has 0 saturated carbocycles. The molecule has 0 atom stereocenters. The fourth-order valence-corrected chi connectivity index (χ4v) is 20.8. The molecule has 0 fully saturated rings. The monoisotopic (exact) mass is 1720 g/mol. The second kappa shape index (κ2) is 30.7. The minimum atomic E-state index is -0.0842. The van der Waals surface area contributed by atoms with E-state index in [0.717, 1.165) is 172 Å². The molecule has 134 heavy (non-hydrogen) atoms. The van der Waals surface area contributed by atoms with E-state index in [4.69, 9.17) is 0 Å². The molecule has 25 aromatic rings. The molecule has 12 nitrogen and oxygen atoms in total. The maximum atomic E-state index is 13.0. The molecule has 29 rings (SSSR count). The molecule has 0 aliphatic heterocycles. The summed E-state index contributed by atoms with van der Waals surface area (Å²) in [6, 6.07) is 116. The van der Waals surface area contributed by atoms with Crippen molar-refractivity contribution >= 4 is 208 Å². The molecule has 0 radical (unpaired) electrons. The molecule has 0 saturated heterocycles. The lowest BCUT2D eigenvalue weighted by atomic mass is 9.81. The van der Waals surface area contributed by atoms with Gasteiger partial charge in [0.15, 0.2) is 67.3 Å². The zero-order valence-electron chi connectivity index (χ0n) is 70.8. The van der Waals surface area contributed by atoms with E-state index in [2.05, 4.69) is 0 Å². The average Bonchev–Trinajstić information content (AvgIpc) is 0.707. The van der Waals surface area contributed by atoms with Crippen LogP contribution in [-0.2, 0) is 0 Å². The fourth-order valence-electron chi connectivity index (χ4n) is 20.8. The van der Waals surface area contributed by atoms with Gasteiger partial charge < -0.3 is 0 Å². The molecular weight excluding hydrogens is 1660 g/mol. The number of fused-ring (bicyclic) bond motifs is 17. The van der Waals surface area contributed by atoms with Crippen molar-refractivity contribution in [3.8, 4) is 0 Å². The van der Waals surface area contributed by atoms with Crippen LogP contribution in [-0.4, -0.2) is 34.7 Å². The Hall–Kier alpha value is -18.3. The molecule has 0 heterocycles. The molecule has 4 aliphatic rings. The largest absolute Gasteiger partial charge is 0.289 e. The third kappa shape index (κ3) is 12.4. The van der Waals surface area contributed by atoms with Crippen molar-refractivity contribution in [2.24, 2.45) is 0 Å². The molecule has 4 aliphatic carbocycles. The van der Waals surface area contributed by atoms with Crippen molar-refractivity contribution in [1.29, 1.82) is 0 Å². The van der Waals surface area contributed by atoms with Gasteiger partial charge in [-0.3, -0.25) is 57.5 Å². The van der Waals surface area contributed by atoms with E-state index in [9.17, 15) is 57.5 Å². The van der Waals surface area contributed by atoms with Crippen LogP contribution in [0.2, 0.25) is 0 Å². The van der Waals surface area contributed by atoms with Crippen molar-refractivity contribution in [3.05, 3.63) is 526 Å². The molecule has 0 amide bonds. The third-order valence-electron chi connectivity index (χ3n) is 27.0. The Morgan fingerprint density at radius 2 is 0.328 bits per heavy atom. The van der Waals surface area contributed by atoms with Gasteiger partial charge in [-0.15, -0.1) is 0 Å². The molecule has 0 unspecified atom stereocenters. The van der Waals surface area contributed by atoms with Gasteiger partial charge in [-0.2, -0.15) is 0 Å². The average molecular weight is 1720 g/mol. The lowest BCUT2D eigenvalue weighted by molar-refractivity contribution is 0.0979. The third-order valence-corrected chi connectivity index (χ3v) is 27.0. The lowest BCUT2D eigenvalue weighted by Crippen LogP contribution is -2.30. The van der Waals surface area contributed by atoms with Gasteiger partial charge in [0.1, 0.15) is 0 Å². The fraction of sp³-hybridized carbons (Fsp3) is 0. The first-order chi connectivity index (χ1) is 65.5. The first-order valence-corrected chi connectivity index (χ1v) is 43.9. The van der Waals surface area contributed by atoms with Crippen molar-refractivity contribution in [2.45, 2.75) is 0 Å². The predicted octanol–water partition coefficient (Wildman–Crippen LogP) is 22.5. The standard InChI is InChI=1S/2C22H12O2.3C20H10O2.C18H10O2/c23-21-17-7-3-1-5-13(17)9-15-11-20-16(12-19(15)21)10-14-6-2-4-8-18(14)22(20)24;23-21-17-9-13-5-1-2-6-14(13)10-18(17)22(24)20-12-16-8-4-3-7-15(16)11-19(20)21;21-17-9-8-14-12-4-2-6-16-18(22)10-7-13(20(12)16)11-3-1-5-15(17)19(11)14;21-17-9-7-13-14-8-10-18(22)16-6-2-4-12(20(14)16)11-3-1-5-15(17)19(11)13;21-15-9-7-11-3-1-5-13-14-6-2-4-12-8-10-16(22)20(18(12)14)19(15)17(11)13;19-17-13-7-3-4-8-14(13)18(20)16-10-12-6-2-1-5-11(12)9-15(16)17/h2*1-12H;3*1-10H;1-10H. The molecule has 0 bridgehead atoms. The Balaban J connectivity index is 0.0000000884. The first-order valence-electron chi connectivity index (χ1n) is 43.9. The zero-order valence-corrected chi connectivity index (χ0v) is 70.8. The molecule has 624 valence electrons. The molecular formula is C122H64O12. The summed E-state index contributed by atoms with van der Waals surface area (Å²) in [6.07, 6.45) is 3.97. The number of carbonyl (C=O) groups is 6. The van der Waals surface area contributed by atoms with Gasteiger partial charge in [-0.05, 0) is 240 Å². The number of ketones is 6. The minimum absolute atomic E-state index is 0.0191. The molecule has 0 aromatic heterocycles. The summed E-state index contributed by atoms with van der Waals surface area (Å²) in [5, 5.41) is 29.7. The topological polar surface area (TPSA) is 205 Å². The summed E-state index contributed by atoms with van der Waals surface area (Å²) in [5.74, 6) is -0.245. The molecule has 12 heteroatoms. The summed E-state index contributed by atoms with van der Waals surface area (Å²) in [5.41, 5.74) is 8.57. The van der Waals surface area contributed by atoms with Crippen LogP contribution in [0.1, 0.15) is 107 Å². The smallest absolute Gasteiger partial charge is 0.194 e. The van der Waals surface area contributed by atoms with E-state index in [0.29, 0.717) is 77.5 Å². The van der Waals surface area contributed by atoms with Crippen molar-refractivity contribution < 1.29 is 28.8 Å². The second-order valence-electron chi connectivity index (χ2n) is 34.3. The van der Waals surface area contributed by atoms with Crippen LogP contribution in [0.3, 0.4) is 0 Å². The highest BCUT2D eigenvalue weighted by atomic mass is 16.2. The maximum Gasteiger partial charge on any atom is 0.194 e. The Bertz CT molecular complexity index is 9220. The second-order valence-corrected chi connectivity index (χ2v) is 34.3. The van der Waals surface area contributed by atoms with Crippen molar-refractivity contribution in [2.75, 3.05) is 0 Å². The quantitative estimate of drug-likeness (QED) is 0.103. The molecule has 0 N–H and O–H groups in total. The Morgan fingerprint density at radius 3 is 0.619 bits per heavy atom. The van der Waals surface area contributed by atoms with Gasteiger partial charge in [0, 0.05) is 131 Å². The highest BCUT2D eigenvalue weighted by Gasteiger charge is 2.33. The van der Waals surface area contributed by atoms with E-state index >= 15 is 0 Å². The maximum absolute atomic E-state index is 13.0. The highest BCUT2D eigenvalue weighted by Crippen LogP contribution is 2.43. The van der Waals surface area contributed by atoms with Crippen LogP contribution >= 0.6 is 0 Å². The summed E-state index contributed by atoms with van der Waals surface area (Å²) in [6.45, 7) is 0. The number of rotatable bonds is 0. The highest BCUT2D eigenvalue weighted by molar-refractivity contribution is 6.37. The Kier molecular flexibility index (Phi) is 18.2. The minimum Gasteiger partial charge on any atom is -0.289 e.